The van der Waals surface area contributed by atoms with Gasteiger partial charge in [0.1, 0.15) is 5.82 Å². The van der Waals surface area contributed by atoms with Gasteiger partial charge in [0.25, 0.3) is 11.8 Å². The summed E-state index contributed by atoms with van der Waals surface area (Å²) in [6.45, 7) is 4.50. The molecule has 0 fully saturated rings. The molecular formula is C23H21F8IN2O2S. The summed E-state index contributed by atoms with van der Waals surface area (Å²) in [6, 6.07) is 3.22. The van der Waals surface area contributed by atoms with Crippen LogP contribution >= 0.6 is 34.4 Å². The van der Waals surface area contributed by atoms with Crippen LogP contribution in [0.3, 0.4) is 0 Å². The van der Waals surface area contributed by atoms with Gasteiger partial charge in [-0.3, -0.25) is 9.59 Å². The summed E-state index contributed by atoms with van der Waals surface area (Å²) in [4.78, 5) is 26.0. The van der Waals surface area contributed by atoms with Crippen LogP contribution in [0.5, 0.6) is 0 Å². The predicted molar refractivity (Wildman–Crippen MR) is 133 cm³/mol. The lowest BCUT2D eigenvalue weighted by Gasteiger charge is -2.30. The number of alkyl halides is 7. The zero-order valence-electron chi connectivity index (χ0n) is 19.7. The van der Waals surface area contributed by atoms with Crippen molar-refractivity contribution in [1.82, 2.24) is 5.32 Å². The molecule has 2 amide bonds. The highest BCUT2D eigenvalue weighted by molar-refractivity contribution is 14.1. The molecule has 0 heterocycles. The zero-order chi connectivity index (χ0) is 28.6. The largest absolute Gasteiger partial charge is 0.435 e. The molecule has 37 heavy (non-hydrogen) atoms. The molecular weight excluding hydrogens is 647 g/mol. The van der Waals surface area contributed by atoms with Crippen LogP contribution < -0.4 is 10.6 Å². The first-order chi connectivity index (χ1) is 16.8. The topological polar surface area (TPSA) is 58.2 Å². The van der Waals surface area contributed by atoms with Gasteiger partial charge in [0.2, 0.25) is 0 Å². The van der Waals surface area contributed by atoms with Gasteiger partial charge in [-0.1, -0.05) is 12.1 Å². The molecule has 14 heteroatoms. The van der Waals surface area contributed by atoms with Crippen LogP contribution in [0, 0.1) is 16.3 Å². The van der Waals surface area contributed by atoms with Crippen LogP contribution in [0.2, 0.25) is 0 Å². The number of carbonyl (C=O) groups is 2. The molecule has 2 aromatic rings. The summed E-state index contributed by atoms with van der Waals surface area (Å²) in [6.07, 6.45) is -10.8. The van der Waals surface area contributed by atoms with Gasteiger partial charge >= 0.3 is 18.0 Å². The highest BCUT2D eigenvalue weighted by atomic mass is 127. The first-order valence-corrected chi connectivity index (χ1v) is 12.8. The number of amides is 2. The molecule has 0 aliphatic heterocycles. The van der Waals surface area contributed by atoms with E-state index in [0.717, 1.165) is 19.1 Å². The number of carbonyl (C=O) groups excluding carboxylic acids is 2. The fourth-order valence-corrected chi connectivity index (χ4v) is 4.93. The molecule has 0 bridgehead atoms. The SMILES string of the molecule is CSCC(C)(C)NC(=O)c1c(C(=O)Nc2ccc(C(F)(C(F)(F)F)C(F)(F)F)cc2C)ccc(F)c1I. The van der Waals surface area contributed by atoms with Gasteiger partial charge in [0.15, 0.2) is 0 Å². The minimum Gasteiger partial charge on any atom is -0.346 e. The second-order valence-electron chi connectivity index (χ2n) is 8.69. The van der Waals surface area contributed by atoms with E-state index in [9.17, 15) is 44.7 Å². The summed E-state index contributed by atoms with van der Waals surface area (Å²) in [5.41, 5.74) is -9.23. The lowest BCUT2D eigenvalue weighted by atomic mass is 9.92. The first-order valence-electron chi connectivity index (χ1n) is 10.3. The van der Waals surface area contributed by atoms with Gasteiger partial charge in [-0.15, -0.1) is 0 Å². The van der Waals surface area contributed by atoms with Crippen molar-refractivity contribution in [3.8, 4) is 0 Å². The van der Waals surface area contributed by atoms with Crippen LogP contribution in [-0.4, -0.2) is 41.7 Å². The van der Waals surface area contributed by atoms with Crippen LogP contribution in [-0.2, 0) is 5.67 Å². The molecule has 0 saturated carbocycles. The van der Waals surface area contributed by atoms with Crippen molar-refractivity contribution in [2.75, 3.05) is 17.3 Å². The number of benzene rings is 2. The maximum atomic E-state index is 14.4. The molecule has 2 rings (SSSR count). The summed E-state index contributed by atoms with van der Waals surface area (Å²) in [5, 5.41) is 4.98. The smallest absolute Gasteiger partial charge is 0.346 e. The van der Waals surface area contributed by atoms with Gasteiger partial charge in [0.05, 0.1) is 14.7 Å². The highest BCUT2D eigenvalue weighted by Gasteiger charge is 2.73. The lowest BCUT2D eigenvalue weighted by Crippen LogP contribution is -2.50. The number of halogens is 9. The number of hydrogen-bond acceptors (Lipinski definition) is 3. The third-order valence-corrected chi connectivity index (χ3v) is 7.24. The Balaban J connectivity index is 2.48. The Morgan fingerprint density at radius 1 is 0.946 bits per heavy atom. The predicted octanol–water partition coefficient (Wildman–Crippen LogP) is 7.15. The summed E-state index contributed by atoms with van der Waals surface area (Å²) in [5.74, 6) is -2.05. The van der Waals surface area contributed by atoms with Gasteiger partial charge in [-0.05, 0) is 73.4 Å². The van der Waals surface area contributed by atoms with E-state index in [2.05, 4.69) is 10.6 Å². The van der Waals surface area contributed by atoms with E-state index in [0.29, 0.717) is 17.9 Å². The van der Waals surface area contributed by atoms with E-state index >= 15 is 0 Å². The van der Waals surface area contributed by atoms with Crippen molar-refractivity contribution < 1.29 is 44.7 Å². The number of anilines is 1. The molecule has 0 saturated heterocycles. The Morgan fingerprint density at radius 3 is 2.00 bits per heavy atom. The Bertz CT molecular complexity index is 1180. The summed E-state index contributed by atoms with van der Waals surface area (Å²) in [7, 11) is 0. The molecule has 2 aromatic carbocycles. The minimum atomic E-state index is -6.29. The number of nitrogens with one attached hydrogen (secondary N) is 2. The monoisotopic (exact) mass is 668 g/mol. The van der Waals surface area contributed by atoms with Crippen LogP contribution in [0.1, 0.15) is 45.7 Å². The summed E-state index contributed by atoms with van der Waals surface area (Å²) < 4.78 is 107. The molecule has 0 aliphatic rings. The quantitative estimate of drug-likeness (QED) is 0.244. The molecule has 0 unspecified atom stereocenters. The minimum absolute atomic E-state index is 0.174. The fourth-order valence-electron chi connectivity index (χ4n) is 3.42. The maximum Gasteiger partial charge on any atom is 0.435 e. The van der Waals surface area contributed by atoms with E-state index in [1.54, 1.807) is 36.4 Å². The van der Waals surface area contributed by atoms with Crippen LogP contribution in [0.25, 0.3) is 0 Å². The molecule has 0 spiro atoms. The maximum absolute atomic E-state index is 14.4. The van der Waals surface area contributed by atoms with E-state index in [1.807, 2.05) is 6.26 Å². The average Bonchev–Trinajstić information content (AvgIpc) is 2.74. The third kappa shape index (κ3) is 6.49. The molecule has 0 radical (unpaired) electrons. The van der Waals surface area contributed by atoms with E-state index in [-0.39, 0.29) is 32.0 Å². The standard InChI is InChI=1S/C23H21F8IN2O2S/c1-11-9-12(21(25,22(26,27)28)23(29,30)31)5-8-15(11)33-18(35)13-6-7-14(24)17(32)16(13)19(36)34-20(2,3)10-37-4/h5-9H,10H2,1-4H3,(H,33,35)(H,34,36). The third-order valence-electron chi connectivity index (χ3n) is 5.18. The van der Waals surface area contributed by atoms with Crippen molar-refractivity contribution in [3.05, 3.63) is 62.0 Å². The van der Waals surface area contributed by atoms with Crippen molar-refractivity contribution in [2.45, 2.75) is 44.3 Å². The lowest BCUT2D eigenvalue weighted by molar-refractivity contribution is -0.348. The van der Waals surface area contributed by atoms with E-state index in [1.165, 1.54) is 11.8 Å². The molecule has 4 nitrogen and oxygen atoms in total. The van der Waals surface area contributed by atoms with Crippen molar-refractivity contribution in [2.24, 2.45) is 0 Å². The van der Waals surface area contributed by atoms with E-state index < -0.39 is 46.8 Å². The van der Waals surface area contributed by atoms with Crippen molar-refractivity contribution >= 4 is 51.9 Å². The first kappa shape index (κ1) is 31.1. The molecule has 0 aliphatic carbocycles. The Morgan fingerprint density at radius 2 is 1.51 bits per heavy atom. The van der Waals surface area contributed by atoms with Crippen LogP contribution in [0.4, 0.5) is 40.8 Å². The number of aryl methyl sites for hydroxylation is 1. The van der Waals surface area contributed by atoms with Crippen molar-refractivity contribution in [1.29, 1.82) is 0 Å². The normalized spacial score (nSPS) is 12.9. The van der Waals surface area contributed by atoms with Crippen molar-refractivity contribution in [3.63, 3.8) is 0 Å². The molecule has 0 atom stereocenters. The summed E-state index contributed by atoms with van der Waals surface area (Å²) >= 11 is 2.98. The Hall–Kier alpha value is -2.10. The molecule has 204 valence electrons. The Kier molecular flexibility index (Phi) is 9.21. The average molecular weight is 668 g/mol. The number of thioether (sulfide) groups is 1. The highest BCUT2D eigenvalue weighted by Crippen LogP contribution is 2.53. The number of rotatable bonds is 7. The van der Waals surface area contributed by atoms with Gasteiger partial charge in [-0.2, -0.15) is 38.1 Å². The second kappa shape index (κ2) is 10.9. The molecule has 2 N–H and O–H groups in total. The van der Waals surface area contributed by atoms with Gasteiger partial charge in [0, 0.05) is 22.5 Å². The second-order valence-corrected chi connectivity index (χ2v) is 10.6. The zero-order valence-corrected chi connectivity index (χ0v) is 22.7. The molecule has 0 aromatic heterocycles. The number of hydrogen-bond donors (Lipinski definition) is 2. The van der Waals surface area contributed by atoms with Gasteiger partial charge in [-0.25, -0.2) is 8.78 Å². The van der Waals surface area contributed by atoms with Crippen LogP contribution in [0.15, 0.2) is 30.3 Å². The Labute approximate surface area is 225 Å². The van der Waals surface area contributed by atoms with E-state index in [4.69, 9.17) is 0 Å². The van der Waals surface area contributed by atoms with Gasteiger partial charge < -0.3 is 10.6 Å². The fraction of sp³-hybridized carbons (Fsp3) is 0.391.